The summed E-state index contributed by atoms with van der Waals surface area (Å²) in [6, 6.07) is 0. The third kappa shape index (κ3) is 4.86. The Kier molecular flexibility index (Phi) is 6.34. The molecule has 5 heteroatoms. The summed E-state index contributed by atoms with van der Waals surface area (Å²) in [6.45, 7) is 0. The highest BCUT2D eigenvalue weighted by Crippen LogP contribution is 2.46. The average Bonchev–Trinajstić information content (AvgIpc) is 2.05. The van der Waals surface area contributed by atoms with E-state index in [1.165, 1.54) is 14.2 Å². The smallest absolute Gasteiger partial charge is 0.312 e. The van der Waals surface area contributed by atoms with Crippen LogP contribution in [0, 0.1) is 0 Å². The molecule has 0 spiro atoms. The molecule has 68 valence electrons. The van der Waals surface area contributed by atoms with E-state index in [-0.39, 0.29) is 0 Å². The van der Waals surface area contributed by atoms with Gasteiger partial charge in [-0.15, -0.1) is 0 Å². The van der Waals surface area contributed by atoms with Crippen molar-refractivity contribution < 1.29 is 13.6 Å². The van der Waals surface area contributed by atoms with Gasteiger partial charge in [0.1, 0.15) is 0 Å². The van der Waals surface area contributed by atoms with Crippen molar-refractivity contribution in [1.82, 2.24) is 0 Å². The molecule has 0 aromatic rings. The van der Waals surface area contributed by atoms with E-state index in [4.69, 9.17) is 9.05 Å². The second-order valence-electron chi connectivity index (χ2n) is 2.13. The van der Waals surface area contributed by atoms with Crippen molar-refractivity contribution >= 4 is 20.2 Å². The molecule has 0 heterocycles. The van der Waals surface area contributed by atoms with Crippen LogP contribution in [0.4, 0.5) is 0 Å². The molecule has 3 nitrogen and oxygen atoms in total. The lowest BCUT2D eigenvalue weighted by Gasteiger charge is -2.12. The standard InChI is InChI=1S/C6H15O3PS/c1-8-10(7,9-2)5-3-4-6-11/h11H,3-6H2,1-2H3. The van der Waals surface area contributed by atoms with E-state index in [2.05, 4.69) is 12.6 Å². The van der Waals surface area contributed by atoms with Crippen LogP contribution in [0.15, 0.2) is 0 Å². The molecule has 0 amide bonds. The molecular formula is C6H15O3PS. The highest BCUT2D eigenvalue weighted by molar-refractivity contribution is 7.80. The third-order valence-corrected chi connectivity index (χ3v) is 3.69. The Morgan fingerprint density at radius 3 is 2.18 bits per heavy atom. The minimum absolute atomic E-state index is 0.487. The maximum Gasteiger partial charge on any atom is 0.330 e. The molecule has 0 aliphatic rings. The molecule has 0 saturated heterocycles. The summed E-state index contributed by atoms with van der Waals surface area (Å²) >= 11 is 4.04. The van der Waals surface area contributed by atoms with E-state index in [0.29, 0.717) is 6.16 Å². The fourth-order valence-electron chi connectivity index (χ4n) is 0.674. The first-order valence-corrected chi connectivity index (χ1v) is 5.86. The minimum atomic E-state index is -2.74. The molecule has 11 heavy (non-hydrogen) atoms. The van der Waals surface area contributed by atoms with Crippen LogP contribution in [0.3, 0.4) is 0 Å². The predicted octanol–water partition coefficient (Wildman–Crippen LogP) is 2.18. The van der Waals surface area contributed by atoms with Gasteiger partial charge in [-0.05, 0) is 18.6 Å². The normalized spacial score (nSPS) is 11.9. The van der Waals surface area contributed by atoms with Gasteiger partial charge in [0, 0.05) is 14.2 Å². The van der Waals surface area contributed by atoms with Crippen LogP contribution in [-0.2, 0) is 13.6 Å². The topological polar surface area (TPSA) is 35.5 Å². The van der Waals surface area contributed by atoms with Crippen LogP contribution in [0.25, 0.3) is 0 Å². The number of unbranched alkanes of at least 4 members (excludes halogenated alkanes) is 1. The SMILES string of the molecule is COP(=O)(CCCCS)OC. The quantitative estimate of drug-likeness (QED) is 0.403. The average molecular weight is 198 g/mol. The van der Waals surface area contributed by atoms with Gasteiger partial charge < -0.3 is 9.05 Å². The van der Waals surface area contributed by atoms with Crippen molar-refractivity contribution in [3.8, 4) is 0 Å². The Hall–Kier alpha value is 0.500. The van der Waals surface area contributed by atoms with E-state index in [1.807, 2.05) is 0 Å². The largest absolute Gasteiger partial charge is 0.330 e. The van der Waals surface area contributed by atoms with Crippen molar-refractivity contribution in [2.45, 2.75) is 12.8 Å². The van der Waals surface area contributed by atoms with Crippen molar-refractivity contribution in [2.24, 2.45) is 0 Å². The fourth-order valence-corrected chi connectivity index (χ4v) is 2.02. The summed E-state index contributed by atoms with van der Waals surface area (Å²) in [5.41, 5.74) is 0. The molecule has 0 aromatic carbocycles. The first kappa shape index (κ1) is 11.5. The Morgan fingerprint density at radius 2 is 1.82 bits per heavy atom. The highest BCUT2D eigenvalue weighted by atomic mass is 32.1. The Bertz CT molecular complexity index is 132. The number of rotatable bonds is 6. The van der Waals surface area contributed by atoms with Gasteiger partial charge in [-0.2, -0.15) is 12.6 Å². The molecule has 0 saturated carbocycles. The predicted molar refractivity (Wildman–Crippen MR) is 49.6 cm³/mol. The van der Waals surface area contributed by atoms with Gasteiger partial charge in [-0.1, -0.05) is 0 Å². The Balaban J connectivity index is 3.61. The van der Waals surface area contributed by atoms with Gasteiger partial charge in [-0.25, -0.2) is 0 Å². The molecule has 0 bridgehead atoms. The van der Waals surface area contributed by atoms with E-state index in [1.54, 1.807) is 0 Å². The van der Waals surface area contributed by atoms with Crippen molar-refractivity contribution in [3.63, 3.8) is 0 Å². The molecule has 0 atom stereocenters. The molecule has 0 aliphatic carbocycles. The van der Waals surface area contributed by atoms with Crippen LogP contribution >= 0.6 is 20.2 Å². The minimum Gasteiger partial charge on any atom is -0.312 e. The first-order chi connectivity index (χ1) is 5.18. The Labute approximate surface area is 73.4 Å². The molecule has 0 aliphatic heterocycles. The number of thiol groups is 1. The monoisotopic (exact) mass is 198 g/mol. The highest BCUT2D eigenvalue weighted by Gasteiger charge is 2.19. The fraction of sp³-hybridized carbons (Fsp3) is 1.00. The molecule has 0 unspecified atom stereocenters. The molecule has 0 aromatic heterocycles. The van der Waals surface area contributed by atoms with Gasteiger partial charge in [-0.3, -0.25) is 4.57 Å². The van der Waals surface area contributed by atoms with Gasteiger partial charge in [0.25, 0.3) is 0 Å². The van der Waals surface area contributed by atoms with Gasteiger partial charge >= 0.3 is 7.60 Å². The second-order valence-corrected chi connectivity index (χ2v) is 4.98. The summed E-state index contributed by atoms with van der Waals surface area (Å²) in [4.78, 5) is 0. The molecule has 0 rings (SSSR count). The number of hydrogen-bond acceptors (Lipinski definition) is 4. The summed E-state index contributed by atoms with van der Waals surface area (Å²) < 4.78 is 20.8. The van der Waals surface area contributed by atoms with Crippen LogP contribution in [0.2, 0.25) is 0 Å². The van der Waals surface area contributed by atoms with Crippen LogP contribution < -0.4 is 0 Å². The van der Waals surface area contributed by atoms with Gasteiger partial charge in [0.05, 0.1) is 6.16 Å². The molecule has 0 fully saturated rings. The Morgan fingerprint density at radius 1 is 1.27 bits per heavy atom. The second kappa shape index (κ2) is 6.06. The zero-order valence-corrected chi connectivity index (χ0v) is 8.74. The summed E-state index contributed by atoms with van der Waals surface area (Å²) in [7, 11) is 0.0706. The summed E-state index contributed by atoms with van der Waals surface area (Å²) in [6.07, 6.45) is 2.27. The zero-order chi connectivity index (χ0) is 8.74. The lowest BCUT2D eigenvalue weighted by Crippen LogP contribution is -1.94. The molecule has 0 N–H and O–H groups in total. The lowest BCUT2D eigenvalue weighted by atomic mass is 10.4. The van der Waals surface area contributed by atoms with Crippen molar-refractivity contribution in [3.05, 3.63) is 0 Å². The van der Waals surface area contributed by atoms with Crippen molar-refractivity contribution in [1.29, 1.82) is 0 Å². The summed E-state index contributed by atoms with van der Waals surface area (Å²) in [5.74, 6) is 0.813. The zero-order valence-electron chi connectivity index (χ0n) is 6.95. The maximum absolute atomic E-state index is 11.4. The van der Waals surface area contributed by atoms with Crippen LogP contribution in [0.5, 0.6) is 0 Å². The van der Waals surface area contributed by atoms with E-state index in [0.717, 1.165) is 18.6 Å². The van der Waals surface area contributed by atoms with E-state index in [9.17, 15) is 4.57 Å². The maximum atomic E-state index is 11.4. The van der Waals surface area contributed by atoms with Crippen LogP contribution in [-0.4, -0.2) is 26.1 Å². The lowest BCUT2D eigenvalue weighted by molar-refractivity contribution is 0.275. The first-order valence-electron chi connectivity index (χ1n) is 3.50. The summed E-state index contributed by atoms with van der Waals surface area (Å²) in [5, 5.41) is 0. The van der Waals surface area contributed by atoms with E-state index < -0.39 is 7.60 Å². The van der Waals surface area contributed by atoms with Gasteiger partial charge in [0.15, 0.2) is 0 Å². The van der Waals surface area contributed by atoms with Crippen LogP contribution in [0.1, 0.15) is 12.8 Å². The molecular weight excluding hydrogens is 183 g/mol. The van der Waals surface area contributed by atoms with Crippen molar-refractivity contribution in [2.75, 3.05) is 26.1 Å². The molecule has 0 radical (unpaired) electrons. The van der Waals surface area contributed by atoms with Gasteiger partial charge in [0.2, 0.25) is 0 Å². The van der Waals surface area contributed by atoms with E-state index >= 15 is 0 Å². The number of hydrogen-bond donors (Lipinski definition) is 1. The third-order valence-electron chi connectivity index (χ3n) is 1.40.